The Morgan fingerprint density at radius 2 is 1.31 bits per heavy atom. The number of benzene rings is 2. The molecule has 0 radical (unpaired) electrons. The number of aliphatic hydroxyl groups excluding tert-OH is 1. The molecule has 0 unspecified atom stereocenters. The molecule has 0 saturated heterocycles. The lowest BCUT2D eigenvalue weighted by Crippen LogP contribution is -2.53. The fourth-order valence-corrected chi connectivity index (χ4v) is 2.54. The molecule has 2 aromatic carbocycles. The van der Waals surface area contributed by atoms with Crippen LogP contribution in [-0.4, -0.2) is 52.8 Å². The minimum absolute atomic E-state index is 0.0476. The van der Waals surface area contributed by atoms with Crippen LogP contribution in [0, 0.1) is 0 Å². The Hall–Kier alpha value is -3.92. The quantitative estimate of drug-likeness (QED) is 0.374. The lowest BCUT2D eigenvalue weighted by Gasteiger charge is -2.19. The second-order valence-corrected chi connectivity index (χ2v) is 6.69. The van der Waals surface area contributed by atoms with Crippen LogP contribution in [0.5, 0.6) is 0 Å². The summed E-state index contributed by atoms with van der Waals surface area (Å²) >= 11 is 0. The average Bonchev–Trinajstić information content (AvgIpc) is 2.80. The van der Waals surface area contributed by atoms with Crippen LogP contribution >= 0.6 is 0 Å². The molecule has 170 valence electrons. The molecule has 32 heavy (non-hydrogen) atoms. The van der Waals surface area contributed by atoms with Gasteiger partial charge in [0, 0.05) is 0 Å². The molecule has 0 aliphatic carbocycles. The Bertz CT molecular complexity index is 905. The summed E-state index contributed by atoms with van der Waals surface area (Å²) in [6.45, 7) is -0.914. The molecule has 0 fully saturated rings. The number of alkyl carbamates (subject to hydrolysis) is 1. The number of ether oxygens (including phenoxy) is 2. The molecule has 4 N–H and O–H groups in total. The number of esters is 1. The zero-order valence-corrected chi connectivity index (χ0v) is 17.1. The van der Waals surface area contributed by atoms with E-state index in [0.717, 1.165) is 5.56 Å². The van der Waals surface area contributed by atoms with E-state index in [4.69, 9.17) is 9.47 Å². The summed E-state index contributed by atoms with van der Waals surface area (Å²) in [7, 11) is 0. The van der Waals surface area contributed by atoms with E-state index in [9.17, 15) is 29.4 Å². The number of aliphatic hydroxyl groups is 1. The molecule has 10 heteroatoms. The molecule has 0 aliphatic rings. The molecule has 0 aliphatic heterocycles. The van der Waals surface area contributed by atoms with Crippen molar-refractivity contribution < 1.29 is 38.9 Å². The fourth-order valence-electron chi connectivity index (χ4n) is 2.54. The largest absolute Gasteiger partial charge is 0.480 e. The van der Waals surface area contributed by atoms with Crippen molar-refractivity contribution in [1.82, 2.24) is 10.6 Å². The third-order valence-electron chi connectivity index (χ3n) is 4.23. The maximum atomic E-state index is 12.3. The van der Waals surface area contributed by atoms with Crippen LogP contribution in [0.15, 0.2) is 60.7 Å². The Morgan fingerprint density at radius 3 is 1.81 bits per heavy atom. The van der Waals surface area contributed by atoms with Gasteiger partial charge in [0.05, 0.1) is 13.0 Å². The van der Waals surface area contributed by atoms with Gasteiger partial charge in [-0.15, -0.1) is 0 Å². The second kappa shape index (κ2) is 12.7. The molecule has 0 saturated carbocycles. The van der Waals surface area contributed by atoms with Gasteiger partial charge in [-0.3, -0.25) is 9.59 Å². The summed E-state index contributed by atoms with van der Waals surface area (Å²) in [5.41, 5.74) is 1.43. The number of carboxylic acid groups (broad SMARTS) is 1. The van der Waals surface area contributed by atoms with E-state index in [-0.39, 0.29) is 13.2 Å². The number of aliphatic carboxylic acids is 1. The Kier molecular flexibility index (Phi) is 9.67. The van der Waals surface area contributed by atoms with Crippen molar-refractivity contribution in [2.45, 2.75) is 31.7 Å². The molecular weight excluding hydrogens is 420 g/mol. The number of rotatable bonds is 11. The molecule has 0 heterocycles. The van der Waals surface area contributed by atoms with Crippen LogP contribution in [0.25, 0.3) is 0 Å². The predicted octanol–water partition coefficient (Wildman–Crippen LogP) is 0.977. The standard InChI is InChI=1S/C22H24N2O8/c25-12-18(24-22(30)32-14-16-9-5-2-6-10-16)20(27)23-17(21(28)29)11-19(26)31-13-15-7-3-1-4-8-15/h1-10,17-18,25H,11-14H2,(H,23,27)(H,24,30)(H,28,29)/t17-,18+/m1/s1. The Morgan fingerprint density at radius 1 is 0.781 bits per heavy atom. The fraction of sp³-hybridized carbons (Fsp3) is 0.273. The molecule has 0 bridgehead atoms. The summed E-state index contributed by atoms with van der Waals surface area (Å²) in [5.74, 6) is -3.30. The maximum Gasteiger partial charge on any atom is 0.408 e. The minimum atomic E-state index is -1.61. The average molecular weight is 444 g/mol. The van der Waals surface area contributed by atoms with Crippen molar-refractivity contribution in [1.29, 1.82) is 0 Å². The first-order valence-electron chi connectivity index (χ1n) is 9.70. The van der Waals surface area contributed by atoms with Crippen LogP contribution in [0.3, 0.4) is 0 Å². The van der Waals surface area contributed by atoms with Crippen molar-refractivity contribution in [3.05, 3.63) is 71.8 Å². The smallest absolute Gasteiger partial charge is 0.408 e. The van der Waals surface area contributed by atoms with E-state index < -0.39 is 49.1 Å². The first kappa shape index (κ1) is 24.4. The number of hydrogen-bond acceptors (Lipinski definition) is 7. The molecule has 2 atom stereocenters. The van der Waals surface area contributed by atoms with Crippen LogP contribution in [-0.2, 0) is 37.1 Å². The van der Waals surface area contributed by atoms with E-state index in [1.165, 1.54) is 0 Å². The van der Waals surface area contributed by atoms with Gasteiger partial charge in [-0.05, 0) is 11.1 Å². The van der Waals surface area contributed by atoms with Gasteiger partial charge in [-0.1, -0.05) is 60.7 Å². The topological polar surface area (TPSA) is 151 Å². The zero-order chi connectivity index (χ0) is 23.3. The highest BCUT2D eigenvalue weighted by molar-refractivity contribution is 5.91. The highest BCUT2D eigenvalue weighted by Crippen LogP contribution is 2.04. The predicted molar refractivity (Wildman–Crippen MR) is 111 cm³/mol. The van der Waals surface area contributed by atoms with E-state index in [1.54, 1.807) is 60.7 Å². The SMILES string of the molecule is O=C(C[C@@H](NC(=O)[C@H](CO)NC(=O)OCc1ccccc1)C(=O)O)OCc1ccccc1. The molecule has 0 aromatic heterocycles. The minimum Gasteiger partial charge on any atom is -0.480 e. The summed E-state index contributed by atoms with van der Waals surface area (Å²) in [6, 6.07) is 14.5. The summed E-state index contributed by atoms with van der Waals surface area (Å²) in [6.07, 6.45) is -1.61. The van der Waals surface area contributed by atoms with Gasteiger partial charge in [0.25, 0.3) is 0 Å². The molecule has 10 nitrogen and oxygen atoms in total. The number of hydrogen-bond donors (Lipinski definition) is 4. The van der Waals surface area contributed by atoms with E-state index in [1.807, 2.05) is 0 Å². The van der Waals surface area contributed by atoms with Crippen molar-refractivity contribution >= 4 is 23.9 Å². The highest BCUT2D eigenvalue weighted by Gasteiger charge is 2.28. The Labute approximate surface area is 184 Å². The first-order chi connectivity index (χ1) is 15.4. The first-order valence-corrected chi connectivity index (χ1v) is 9.70. The zero-order valence-electron chi connectivity index (χ0n) is 17.1. The number of carbonyl (C=O) groups is 4. The normalized spacial score (nSPS) is 12.2. The van der Waals surface area contributed by atoms with E-state index in [0.29, 0.717) is 5.56 Å². The monoisotopic (exact) mass is 444 g/mol. The summed E-state index contributed by atoms with van der Waals surface area (Å²) in [4.78, 5) is 47.6. The van der Waals surface area contributed by atoms with Gasteiger partial charge in [0.15, 0.2) is 0 Å². The van der Waals surface area contributed by atoms with Gasteiger partial charge in [0.1, 0.15) is 25.3 Å². The summed E-state index contributed by atoms with van der Waals surface area (Å²) < 4.78 is 9.99. The van der Waals surface area contributed by atoms with Gasteiger partial charge < -0.3 is 30.3 Å². The molecule has 2 aromatic rings. The third kappa shape index (κ3) is 8.44. The number of carboxylic acids is 1. The number of carbonyl (C=O) groups excluding carboxylic acids is 3. The van der Waals surface area contributed by atoms with Crippen molar-refractivity contribution in [2.75, 3.05) is 6.61 Å². The van der Waals surface area contributed by atoms with Crippen LogP contribution in [0.2, 0.25) is 0 Å². The maximum absolute atomic E-state index is 12.3. The van der Waals surface area contributed by atoms with E-state index >= 15 is 0 Å². The Balaban J connectivity index is 1.83. The number of amides is 2. The second-order valence-electron chi connectivity index (χ2n) is 6.69. The van der Waals surface area contributed by atoms with Gasteiger partial charge >= 0.3 is 18.0 Å². The highest BCUT2D eigenvalue weighted by atomic mass is 16.5. The van der Waals surface area contributed by atoms with Gasteiger partial charge in [-0.25, -0.2) is 9.59 Å². The van der Waals surface area contributed by atoms with E-state index in [2.05, 4.69) is 10.6 Å². The number of nitrogens with one attached hydrogen (secondary N) is 2. The van der Waals surface area contributed by atoms with Crippen LogP contribution in [0.4, 0.5) is 4.79 Å². The van der Waals surface area contributed by atoms with Crippen molar-refractivity contribution in [3.8, 4) is 0 Å². The van der Waals surface area contributed by atoms with Crippen LogP contribution in [0.1, 0.15) is 17.5 Å². The van der Waals surface area contributed by atoms with Crippen molar-refractivity contribution in [2.24, 2.45) is 0 Å². The summed E-state index contributed by atoms with van der Waals surface area (Å²) in [5, 5.41) is 23.0. The van der Waals surface area contributed by atoms with Gasteiger partial charge in [0.2, 0.25) is 5.91 Å². The molecule has 0 spiro atoms. The molecular formula is C22H24N2O8. The lowest BCUT2D eigenvalue weighted by atomic mass is 10.2. The molecule has 2 rings (SSSR count). The lowest BCUT2D eigenvalue weighted by molar-refractivity contribution is -0.151. The van der Waals surface area contributed by atoms with Gasteiger partial charge in [-0.2, -0.15) is 0 Å². The third-order valence-corrected chi connectivity index (χ3v) is 4.23. The van der Waals surface area contributed by atoms with Crippen LogP contribution < -0.4 is 10.6 Å². The van der Waals surface area contributed by atoms with Crippen molar-refractivity contribution in [3.63, 3.8) is 0 Å². The molecule has 2 amide bonds.